The number of carbonyl (C=O) groups is 2. The average molecular weight is 313 g/mol. The number of aryl methyl sites for hydroxylation is 2. The minimum atomic E-state index is -0.918. The Morgan fingerprint density at radius 3 is 2.50 bits per heavy atom. The number of aliphatic carboxylic acids is 1. The van der Waals surface area contributed by atoms with Crippen LogP contribution in [-0.2, 0) is 4.79 Å². The monoisotopic (exact) mass is 313 g/mol. The zero-order valence-electron chi connectivity index (χ0n) is 12.0. The zero-order chi connectivity index (χ0) is 15.0. The van der Waals surface area contributed by atoms with Gasteiger partial charge >= 0.3 is 5.97 Å². The van der Waals surface area contributed by atoms with Crippen LogP contribution >= 0.6 is 23.1 Å². The highest BCUT2D eigenvalue weighted by Gasteiger charge is 2.43. The molecule has 2 unspecified atom stereocenters. The van der Waals surface area contributed by atoms with Crippen LogP contribution in [0.15, 0.2) is 6.07 Å². The van der Waals surface area contributed by atoms with Crippen molar-refractivity contribution in [1.82, 2.24) is 4.90 Å². The van der Waals surface area contributed by atoms with E-state index in [1.54, 1.807) is 16.7 Å². The molecular formula is C14H19NO3S2. The van der Waals surface area contributed by atoms with Crippen LogP contribution in [0.5, 0.6) is 0 Å². The number of carboxylic acid groups (broad SMARTS) is 1. The van der Waals surface area contributed by atoms with Crippen molar-refractivity contribution in [2.75, 3.05) is 5.75 Å². The molecule has 1 fully saturated rings. The van der Waals surface area contributed by atoms with Crippen molar-refractivity contribution in [3.63, 3.8) is 0 Å². The van der Waals surface area contributed by atoms with E-state index in [0.29, 0.717) is 10.6 Å². The van der Waals surface area contributed by atoms with Crippen molar-refractivity contribution in [3.05, 3.63) is 21.4 Å². The van der Waals surface area contributed by atoms with Gasteiger partial charge in [-0.05, 0) is 31.4 Å². The van der Waals surface area contributed by atoms with Crippen LogP contribution in [-0.4, -0.2) is 39.1 Å². The van der Waals surface area contributed by atoms with E-state index in [1.807, 2.05) is 33.8 Å². The van der Waals surface area contributed by atoms with Gasteiger partial charge in [0.15, 0.2) is 0 Å². The summed E-state index contributed by atoms with van der Waals surface area (Å²) in [5, 5.41) is 9.27. The Balaban J connectivity index is 2.34. The van der Waals surface area contributed by atoms with E-state index in [-0.39, 0.29) is 17.2 Å². The van der Waals surface area contributed by atoms with Crippen LogP contribution in [0.25, 0.3) is 0 Å². The first-order valence-corrected chi connectivity index (χ1v) is 8.43. The molecule has 0 radical (unpaired) electrons. The minimum absolute atomic E-state index is 0.0636. The lowest BCUT2D eigenvalue weighted by Crippen LogP contribution is -2.46. The molecule has 2 atom stereocenters. The number of thiophene rings is 1. The molecule has 110 valence electrons. The summed E-state index contributed by atoms with van der Waals surface area (Å²) in [5.74, 6) is -0.371. The second kappa shape index (κ2) is 5.77. The predicted molar refractivity (Wildman–Crippen MR) is 82.5 cm³/mol. The largest absolute Gasteiger partial charge is 0.480 e. The Morgan fingerprint density at radius 1 is 1.40 bits per heavy atom. The van der Waals surface area contributed by atoms with Gasteiger partial charge in [0, 0.05) is 10.6 Å². The third-order valence-electron chi connectivity index (χ3n) is 3.50. The van der Waals surface area contributed by atoms with Gasteiger partial charge in [-0.3, -0.25) is 4.79 Å². The van der Waals surface area contributed by atoms with E-state index >= 15 is 0 Å². The average Bonchev–Trinajstić information content (AvgIpc) is 2.93. The van der Waals surface area contributed by atoms with Crippen LogP contribution in [0.4, 0.5) is 0 Å². The minimum Gasteiger partial charge on any atom is -0.480 e. The van der Waals surface area contributed by atoms with Crippen LogP contribution < -0.4 is 0 Å². The maximum atomic E-state index is 12.7. The molecule has 0 bridgehead atoms. The Kier molecular flexibility index (Phi) is 4.44. The van der Waals surface area contributed by atoms with Gasteiger partial charge in [-0.1, -0.05) is 13.8 Å². The summed E-state index contributed by atoms with van der Waals surface area (Å²) in [7, 11) is 0. The van der Waals surface area contributed by atoms with Crippen molar-refractivity contribution >= 4 is 35.0 Å². The fraction of sp³-hybridized carbons (Fsp3) is 0.571. The number of carbonyl (C=O) groups excluding carboxylic acids is 1. The molecule has 0 aliphatic carbocycles. The maximum Gasteiger partial charge on any atom is 0.327 e. The standard InChI is InChI=1S/C14H19NO3S2/c1-7(2)13-15(10(6-19-13)14(17)18)12(16)11-5-8(3)9(4)20-11/h5,7,10,13H,6H2,1-4H3,(H,17,18). The molecule has 1 aromatic heterocycles. The van der Waals surface area contributed by atoms with Gasteiger partial charge in [-0.2, -0.15) is 0 Å². The van der Waals surface area contributed by atoms with Gasteiger partial charge in [0.25, 0.3) is 5.91 Å². The predicted octanol–water partition coefficient (Wildman–Crippen LogP) is 2.99. The van der Waals surface area contributed by atoms with E-state index in [1.165, 1.54) is 11.3 Å². The first-order chi connectivity index (χ1) is 9.32. The Hall–Kier alpha value is -1.01. The summed E-state index contributed by atoms with van der Waals surface area (Å²) in [6.07, 6.45) is 0. The van der Waals surface area contributed by atoms with E-state index in [4.69, 9.17) is 0 Å². The number of hydrogen-bond acceptors (Lipinski definition) is 4. The Bertz CT molecular complexity index is 519. The molecular weight excluding hydrogens is 294 g/mol. The van der Waals surface area contributed by atoms with Gasteiger partial charge in [0.1, 0.15) is 6.04 Å². The van der Waals surface area contributed by atoms with Gasteiger partial charge < -0.3 is 10.0 Å². The maximum absolute atomic E-state index is 12.7. The Morgan fingerprint density at radius 2 is 2.05 bits per heavy atom. The normalized spacial score (nSPS) is 22.6. The summed E-state index contributed by atoms with van der Waals surface area (Å²) in [6, 6.07) is 1.14. The summed E-state index contributed by atoms with van der Waals surface area (Å²) in [5.41, 5.74) is 1.08. The van der Waals surface area contributed by atoms with Crippen molar-refractivity contribution in [3.8, 4) is 0 Å². The summed E-state index contributed by atoms with van der Waals surface area (Å²) < 4.78 is 0. The van der Waals surface area contributed by atoms with Crippen molar-refractivity contribution < 1.29 is 14.7 Å². The smallest absolute Gasteiger partial charge is 0.327 e. The molecule has 1 aliphatic heterocycles. The van der Waals surface area contributed by atoms with E-state index < -0.39 is 12.0 Å². The number of nitrogens with zero attached hydrogens (tertiary/aromatic N) is 1. The topological polar surface area (TPSA) is 57.6 Å². The molecule has 4 nitrogen and oxygen atoms in total. The molecule has 0 spiro atoms. The van der Waals surface area contributed by atoms with Crippen molar-refractivity contribution in [1.29, 1.82) is 0 Å². The number of thioether (sulfide) groups is 1. The second-order valence-corrected chi connectivity index (χ2v) is 7.79. The second-order valence-electron chi connectivity index (χ2n) is 5.38. The molecule has 0 saturated carbocycles. The lowest BCUT2D eigenvalue weighted by molar-refractivity contribution is -0.141. The summed E-state index contributed by atoms with van der Waals surface area (Å²) in [6.45, 7) is 7.99. The van der Waals surface area contributed by atoms with E-state index in [9.17, 15) is 14.7 Å². The fourth-order valence-corrected chi connectivity index (χ4v) is 4.74. The van der Waals surface area contributed by atoms with Crippen molar-refractivity contribution in [2.24, 2.45) is 5.92 Å². The summed E-state index contributed by atoms with van der Waals surface area (Å²) in [4.78, 5) is 27.4. The SMILES string of the molecule is Cc1cc(C(=O)N2C(C(=O)O)CSC2C(C)C)sc1C. The van der Waals surface area contributed by atoms with E-state index in [2.05, 4.69) is 0 Å². The third-order valence-corrected chi connectivity index (χ3v) is 6.26. The number of amides is 1. The highest BCUT2D eigenvalue weighted by Crippen LogP contribution is 2.36. The molecule has 1 aliphatic rings. The first-order valence-electron chi connectivity index (χ1n) is 6.57. The number of rotatable bonds is 3. The van der Waals surface area contributed by atoms with Crippen LogP contribution in [0.2, 0.25) is 0 Å². The molecule has 2 rings (SSSR count). The molecule has 6 heteroatoms. The van der Waals surface area contributed by atoms with E-state index in [0.717, 1.165) is 10.4 Å². The van der Waals surface area contributed by atoms with Gasteiger partial charge in [0.2, 0.25) is 0 Å². The molecule has 20 heavy (non-hydrogen) atoms. The Labute approximate surface area is 127 Å². The lowest BCUT2D eigenvalue weighted by atomic mass is 10.1. The molecule has 1 saturated heterocycles. The van der Waals surface area contributed by atoms with Gasteiger partial charge in [0.05, 0.1) is 10.3 Å². The van der Waals surface area contributed by atoms with Crippen molar-refractivity contribution in [2.45, 2.75) is 39.1 Å². The summed E-state index contributed by atoms with van der Waals surface area (Å²) >= 11 is 3.00. The quantitative estimate of drug-likeness (QED) is 0.932. The lowest BCUT2D eigenvalue weighted by Gasteiger charge is -2.29. The van der Waals surface area contributed by atoms with Crippen LogP contribution in [0.3, 0.4) is 0 Å². The fourth-order valence-electron chi connectivity index (χ4n) is 2.29. The third kappa shape index (κ3) is 2.72. The highest BCUT2D eigenvalue weighted by molar-refractivity contribution is 8.00. The highest BCUT2D eigenvalue weighted by atomic mass is 32.2. The zero-order valence-corrected chi connectivity index (χ0v) is 13.7. The number of hydrogen-bond donors (Lipinski definition) is 1. The van der Waals surface area contributed by atoms with Crippen LogP contribution in [0, 0.1) is 19.8 Å². The molecule has 2 heterocycles. The molecule has 0 aromatic carbocycles. The van der Waals surface area contributed by atoms with Gasteiger partial charge in [-0.25, -0.2) is 4.79 Å². The molecule has 1 N–H and O–H groups in total. The first kappa shape index (κ1) is 15.4. The van der Waals surface area contributed by atoms with Gasteiger partial charge in [-0.15, -0.1) is 23.1 Å². The molecule has 1 amide bonds. The molecule has 1 aromatic rings. The van der Waals surface area contributed by atoms with Crippen LogP contribution in [0.1, 0.15) is 34.0 Å². The number of carboxylic acids is 1.